The highest BCUT2D eigenvalue weighted by molar-refractivity contribution is 9.09. The fourth-order valence-electron chi connectivity index (χ4n) is 0.568. The summed E-state index contributed by atoms with van der Waals surface area (Å²) in [4.78, 5) is 0. The van der Waals surface area contributed by atoms with E-state index in [9.17, 15) is 0 Å². The van der Waals surface area contributed by atoms with Crippen LogP contribution in [0.25, 0.3) is 0 Å². The summed E-state index contributed by atoms with van der Waals surface area (Å²) >= 11 is 3.48. The maximum atomic E-state index is 3.48. The summed E-state index contributed by atoms with van der Waals surface area (Å²) in [7, 11) is 0.600. The van der Waals surface area contributed by atoms with Gasteiger partial charge in [-0.2, -0.15) is 0 Å². The third-order valence-corrected chi connectivity index (χ3v) is 4.34. The smallest absolute Gasteiger partial charge is 0.0874 e. The Morgan fingerprint density at radius 3 is 2.00 bits per heavy atom. The molecule has 0 rings (SSSR count). The van der Waals surface area contributed by atoms with Crippen LogP contribution in [0.2, 0.25) is 0 Å². The van der Waals surface area contributed by atoms with Crippen LogP contribution < -0.4 is 0 Å². The zero-order valence-corrected chi connectivity index (χ0v) is 8.18. The minimum Gasteiger partial charge on any atom is -0.0874 e. The van der Waals surface area contributed by atoms with E-state index in [1.165, 1.54) is 11.8 Å². The molecule has 1 atom stereocenters. The van der Waals surface area contributed by atoms with Crippen LogP contribution in [-0.2, 0) is 10.9 Å². The van der Waals surface area contributed by atoms with Crippen molar-refractivity contribution in [2.45, 2.75) is 18.6 Å². The molecule has 0 saturated carbocycles. The molecule has 0 aromatic heterocycles. The fourth-order valence-corrected chi connectivity index (χ4v) is 3.53. The Kier molecular flexibility index (Phi) is 5.17. The lowest BCUT2D eigenvalue weighted by molar-refractivity contribution is 0.917. The molecule has 0 radical (unpaired) electrons. The Balaban J connectivity index is 3.35. The SMILES string of the molecule is CCC(CBr)[S+](C)C. The number of hydrogen-bond acceptors (Lipinski definition) is 0. The predicted octanol–water partition coefficient (Wildman–Crippen LogP) is 2.04. The lowest BCUT2D eigenvalue weighted by Crippen LogP contribution is -2.19. The molecule has 0 heterocycles. The van der Waals surface area contributed by atoms with Crippen LogP contribution in [0.1, 0.15) is 13.3 Å². The van der Waals surface area contributed by atoms with E-state index in [0.29, 0.717) is 10.9 Å². The molecule has 0 aliphatic heterocycles. The van der Waals surface area contributed by atoms with Crippen molar-refractivity contribution in [1.29, 1.82) is 0 Å². The third-order valence-electron chi connectivity index (χ3n) is 1.29. The molecule has 0 aromatic carbocycles. The van der Waals surface area contributed by atoms with Crippen LogP contribution in [0.3, 0.4) is 0 Å². The summed E-state index contributed by atoms with van der Waals surface area (Å²) in [6.07, 6.45) is 5.91. The molecule has 0 N–H and O–H groups in total. The number of hydrogen-bond donors (Lipinski definition) is 0. The third kappa shape index (κ3) is 2.98. The molecule has 0 nitrogen and oxygen atoms in total. The number of rotatable bonds is 3. The molecule has 0 spiro atoms. The molecule has 8 heavy (non-hydrogen) atoms. The molecule has 0 aliphatic rings. The molecule has 0 aromatic rings. The van der Waals surface area contributed by atoms with Gasteiger partial charge in [0.2, 0.25) is 0 Å². The molecular formula is C6H14BrS+. The normalized spacial score (nSPS) is 14.6. The Morgan fingerprint density at radius 2 is 2.00 bits per heavy atom. The van der Waals surface area contributed by atoms with E-state index in [4.69, 9.17) is 0 Å². The summed E-state index contributed by atoms with van der Waals surface area (Å²) in [6.45, 7) is 2.25. The quantitative estimate of drug-likeness (QED) is 0.481. The number of alkyl halides is 1. The van der Waals surface area contributed by atoms with Gasteiger partial charge in [0.15, 0.2) is 0 Å². The first-order chi connectivity index (χ1) is 3.72. The van der Waals surface area contributed by atoms with E-state index in [2.05, 4.69) is 35.4 Å². The van der Waals surface area contributed by atoms with Crippen LogP contribution in [0.15, 0.2) is 0 Å². The lowest BCUT2D eigenvalue weighted by Gasteiger charge is -2.05. The van der Waals surface area contributed by atoms with Gasteiger partial charge in [0.1, 0.15) is 5.25 Å². The van der Waals surface area contributed by atoms with E-state index < -0.39 is 0 Å². The Hall–Kier alpha value is 0.830. The summed E-state index contributed by atoms with van der Waals surface area (Å²) in [5.74, 6) is 0. The molecule has 0 amide bonds. The fraction of sp³-hybridized carbons (Fsp3) is 1.00. The van der Waals surface area contributed by atoms with Crippen molar-refractivity contribution in [3.8, 4) is 0 Å². The lowest BCUT2D eigenvalue weighted by atomic mass is 10.4. The zero-order chi connectivity index (χ0) is 6.57. The van der Waals surface area contributed by atoms with Crippen molar-refractivity contribution in [3.05, 3.63) is 0 Å². The topological polar surface area (TPSA) is 0 Å². The molecule has 0 aliphatic carbocycles. The first-order valence-electron chi connectivity index (χ1n) is 2.84. The second kappa shape index (κ2) is 4.68. The van der Waals surface area contributed by atoms with Gasteiger partial charge in [-0.3, -0.25) is 0 Å². The maximum Gasteiger partial charge on any atom is 0.127 e. The summed E-state index contributed by atoms with van der Waals surface area (Å²) < 4.78 is 0. The first kappa shape index (κ1) is 8.83. The van der Waals surface area contributed by atoms with Crippen molar-refractivity contribution in [1.82, 2.24) is 0 Å². The van der Waals surface area contributed by atoms with Crippen LogP contribution in [0.4, 0.5) is 0 Å². The van der Waals surface area contributed by atoms with Gasteiger partial charge in [-0.15, -0.1) is 0 Å². The highest BCUT2D eigenvalue weighted by Crippen LogP contribution is 2.06. The first-order valence-corrected chi connectivity index (χ1v) is 6.07. The Morgan fingerprint density at radius 1 is 1.50 bits per heavy atom. The van der Waals surface area contributed by atoms with E-state index in [1.54, 1.807) is 0 Å². The molecule has 2 heteroatoms. The second-order valence-corrected chi connectivity index (χ2v) is 5.14. The average molecular weight is 198 g/mol. The molecule has 1 unspecified atom stereocenters. The largest absolute Gasteiger partial charge is 0.127 e. The van der Waals surface area contributed by atoms with Crippen molar-refractivity contribution in [2.75, 3.05) is 17.8 Å². The van der Waals surface area contributed by atoms with Crippen LogP contribution in [-0.4, -0.2) is 23.1 Å². The molecule has 0 fully saturated rings. The van der Waals surface area contributed by atoms with Gasteiger partial charge in [-0.25, -0.2) is 0 Å². The van der Waals surface area contributed by atoms with E-state index >= 15 is 0 Å². The standard InChI is InChI=1S/C6H14BrS/c1-4-6(5-7)8(2)3/h6H,4-5H2,1-3H3/q+1. The van der Waals surface area contributed by atoms with E-state index in [1.807, 2.05) is 0 Å². The van der Waals surface area contributed by atoms with Gasteiger partial charge in [0.05, 0.1) is 17.8 Å². The van der Waals surface area contributed by atoms with Crippen molar-refractivity contribution < 1.29 is 0 Å². The highest BCUT2D eigenvalue weighted by Gasteiger charge is 2.16. The summed E-state index contributed by atoms with van der Waals surface area (Å²) in [6, 6.07) is 0. The van der Waals surface area contributed by atoms with Gasteiger partial charge < -0.3 is 0 Å². The summed E-state index contributed by atoms with van der Waals surface area (Å²) in [5, 5.41) is 2.06. The van der Waals surface area contributed by atoms with Crippen molar-refractivity contribution >= 4 is 26.8 Å². The van der Waals surface area contributed by atoms with Gasteiger partial charge in [-0.05, 0) is 17.3 Å². The molecule has 50 valence electrons. The van der Waals surface area contributed by atoms with Crippen LogP contribution in [0.5, 0.6) is 0 Å². The van der Waals surface area contributed by atoms with E-state index in [0.717, 1.165) is 5.25 Å². The minimum absolute atomic E-state index is 0.600. The number of halogens is 1. The van der Waals surface area contributed by atoms with E-state index in [-0.39, 0.29) is 0 Å². The van der Waals surface area contributed by atoms with Gasteiger partial charge in [-0.1, -0.05) is 22.9 Å². The van der Waals surface area contributed by atoms with Gasteiger partial charge >= 0.3 is 0 Å². The predicted molar refractivity (Wildman–Crippen MR) is 47.1 cm³/mol. The molecule has 0 saturated heterocycles. The Bertz CT molecular complexity index is 50.5. The van der Waals surface area contributed by atoms with Gasteiger partial charge in [0.25, 0.3) is 0 Å². The molecule has 0 bridgehead atoms. The summed E-state index contributed by atoms with van der Waals surface area (Å²) in [5.41, 5.74) is 0. The Labute approximate surface area is 63.5 Å². The maximum absolute atomic E-state index is 3.48. The zero-order valence-electron chi connectivity index (χ0n) is 5.78. The second-order valence-electron chi connectivity index (χ2n) is 2.06. The molecular weight excluding hydrogens is 184 g/mol. The van der Waals surface area contributed by atoms with Crippen molar-refractivity contribution in [2.24, 2.45) is 0 Å². The highest BCUT2D eigenvalue weighted by atomic mass is 79.9. The van der Waals surface area contributed by atoms with Crippen molar-refractivity contribution in [3.63, 3.8) is 0 Å². The minimum atomic E-state index is 0.600. The van der Waals surface area contributed by atoms with Gasteiger partial charge in [0, 0.05) is 0 Å². The average Bonchev–Trinajstić information content (AvgIpc) is 1.69. The van der Waals surface area contributed by atoms with Crippen LogP contribution in [0, 0.1) is 0 Å². The van der Waals surface area contributed by atoms with Crippen LogP contribution >= 0.6 is 15.9 Å². The monoisotopic (exact) mass is 197 g/mol.